The van der Waals surface area contributed by atoms with E-state index in [0.29, 0.717) is 6.42 Å². The van der Waals surface area contributed by atoms with Crippen LogP contribution >= 0.6 is 0 Å². The van der Waals surface area contributed by atoms with Gasteiger partial charge in [0.05, 0.1) is 0 Å². The Morgan fingerprint density at radius 1 is 1.32 bits per heavy atom. The summed E-state index contributed by atoms with van der Waals surface area (Å²) >= 11 is 0. The second-order valence-electron chi connectivity index (χ2n) is 5.78. The third-order valence-electron chi connectivity index (χ3n) is 2.56. The Bertz CT molecular complexity index is 548. The lowest BCUT2D eigenvalue weighted by molar-refractivity contribution is -0.0525. The third kappa shape index (κ3) is 5.74. The number of nitrogens with one attached hydrogen (secondary N) is 1. The first-order valence-electron chi connectivity index (χ1n) is 6.49. The standard InChI is InChI=1S/C12H18F3NO5S/c1-11(2,3)20-10(17)16-8-5-4-6-9(7-8)21-22(18,19)12(13,14)15/h6,8H,4-5,7H2,1-3H3,(H,16,17)/t8-/m0/s1. The third-order valence-corrected chi connectivity index (χ3v) is 3.56. The van der Waals surface area contributed by atoms with Gasteiger partial charge in [-0.05, 0) is 39.7 Å². The number of alkyl carbamates (subject to hydrolysis) is 1. The van der Waals surface area contributed by atoms with E-state index < -0.39 is 33.4 Å². The van der Waals surface area contributed by atoms with E-state index in [2.05, 4.69) is 9.50 Å². The molecule has 0 aromatic carbocycles. The Labute approximate surface area is 126 Å². The highest BCUT2D eigenvalue weighted by Gasteiger charge is 2.49. The summed E-state index contributed by atoms with van der Waals surface area (Å²) in [5.74, 6) is -0.343. The fourth-order valence-electron chi connectivity index (χ4n) is 1.73. The molecule has 0 saturated carbocycles. The minimum atomic E-state index is -5.69. The molecule has 1 amide bonds. The second-order valence-corrected chi connectivity index (χ2v) is 7.32. The van der Waals surface area contributed by atoms with Crippen LogP contribution in [0.4, 0.5) is 18.0 Å². The molecule has 1 rings (SSSR count). The van der Waals surface area contributed by atoms with Crippen molar-refractivity contribution in [2.75, 3.05) is 0 Å². The van der Waals surface area contributed by atoms with Crippen molar-refractivity contribution in [1.29, 1.82) is 0 Å². The van der Waals surface area contributed by atoms with Crippen LogP contribution in [-0.4, -0.2) is 31.7 Å². The molecule has 1 N–H and O–H groups in total. The minimum Gasteiger partial charge on any atom is -0.444 e. The van der Waals surface area contributed by atoms with Crippen molar-refractivity contribution in [2.24, 2.45) is 0 Å². The molecule has 0 heterocycles. The first-order valence-corrected chi connectivity index (χ1v) is 7.90. The first-order chi connectivity index (χ1) is 9.80. The van der Waals surface area contributed by atoms with Gasteiger partial charge >= 0.3 is 21.7 Å². The van der Waals surface area contributed by atoms with Crippen LogP contribution < -0.4 is 5.32 Å². The minimum absolute atomic E-state index is 0.158. The Kier molecular flexibility index (Phi) is 5.37. The van der Waals surface area contributed by atoms with Gasteiger partial charge in [0.1, 0.15) is 11.4 Å². The van der Waals surface area contributed by atoms with Crippen LogP contribution in [0.1, 0.15) is 40.0 Å². The lowest BCUT2D eigenvalue weighted by Crippen LogP contribution is -2.40. The van der Waals surface area contributed by atoms with Crippen LogP contribution in [0.15, 0.2) is 11.8 Å². The molecule has 0 bridgehead atoms. The summed E-state index contributed by atoms with van der Waals surface area (Å²) in [4.78, 5) is 11.6. The molecule has 0 unspecified atom stereocenters. The van der Waals surface area contributed by atoms with Gasteiger partial charge in [-0.15, -0.1) is 0 Å². The van der Waals surface area contributed by atoms with Crippen molar-refractivity contribution in [3.63, 3.8) is 0 Å². The number of carbonyl (C=O) groups is 1. The molecule has 0 saturated heterocycles. The smallest absolute Gasteiger partial charge is 0.444 e. The lowest BCUT2D eigenvalue weighted by atomic mass is 10.0. The molecule has 10 heteroatoms. The molecule has 22 heavy (non-hydrogen) atoms. The number of hydrogen-bond acceptors (Lipinski definition) is 5. The molecule has 1 aliphatic carbocycles. The maximum absolute atomic E-state index is 12.3. The van der Waals surface area contributed by atoms with E-state index in [-0.39, 0.29) is 18.6 Å². The summed E-state index contributed by atoms with van der Waals surface area (Å²) in [6.45, 7) is 4.99. The fraction of sp³-hybridized carbons (Fsp3) is 0.750. The van der Waals surface area contributed by atoms with Crippen LogP contribution in [0.5, 0.6) is 0 Å². The van der Waals surface area contributed by atoms with Gasteiger partial charge in [0.2, 0.25) is 0 Å². The molecular formula is C12H18F3NO5S. The zero-order valence-electron chi connectivity index (χ0n) is 12.4. The number of alkyl halides is 3. The molecule has 0 aromatic heterocycles. The highest BCUT2D eigenvalue weighted by atomic mass is 32.2. The molecule has 128 valence electrons. The summed E-state index contributed by atoms with van der Waals surface area (Å²) < 4.78 is 67.7. The monoisotopic (exact) mass is 345 g/mol. The molecule has 0 fully saturated rings. The lowest BCUT2D eigenvalue weighted by Gasteiger charge is -2.26. The van der Waals surface area contributed by atoms with Gasteiger partial charge in [0, 0.05) is 12.5 Å². The predicted molar refractivity (Wildman–Crippen MR) is 71.2 cm³/mol. The molecule has 1 aliphatic rings. The van der Waals surface area contributed by atoms with E-state index in [1.54, 1.807) is 20.8 Å². The second kappa shape index (κ2) is 6.35. The van der Waals surface area contributed by atoms with Crippen LogP contribution in [0.3, 0.4) is 0 Å². The van der Waals surface area contributed by atoms with Gasteiger partial charge in [-0.1, -0.05) is 0 Å². The quantitative estimate of drug-likeness (QED) is 0.628. The van der Waals surface area contributed by atoms with Crippen LogP contribution in [0.25, 0.3) is 0 Å². The van der Waals surface area contributed by atoms with E-state index in [1.807, 2.05) is 0 Å². The maximum Gasteiger partial charge on any atom is 0.534 e. The normalized spacial score (nSPS) is 20.1. The predicted octanol–water partition coefficient (Wildman–Crippen LogP) is 2.81. The van der Waals surface area contributed by atoms with Gasteiger partial charge in [0.25, 0.3) is 0 Å². The molecule has 0 spiro atoms. The summed E-state index contributed by atoms with van der Waals surface area (Å²) in [6, 6.07) is -0.557. The maximum atomic E-state index is 12.3. The number of amides is 1. The summed E-state index contributed by atoms with van der Waals surface area (Å²) in [7, 11) is -5.69. The van der Waals surface area contributed by atoms with Gasteiger partial charge < -0.3 is 14.2 Å². The van der Waals surface area contributed by atoms with E-state index in [9.17, 15) is 26.4 Å². The van der Waals surface area contributed by atoms with Crippen molar-refractivity contribution in [2.45, 2.75) is 57.2 Å². The largest absolute Gasteiger partial charge is 0.534 e. The van der Waals surface area contributed by atoms with Crippen molar-refractivity contribution in [3.8, 4) is 0 Å². The summed E-state index contributed by atoms with van der Waals surface area (Å²) in [5, 5.41) is 2.47. The topological polar surface area (TPSA) is 81.7 Å². The average molecular weight is 345 g/mol. The Balaban J connectivity index is 2.62. The Hall–Kier alpha value is -1.45. The summed E-state index contributed by atoms with van der Waals surface area (Å²) in [5.41, 5.74) is -6.20. The zero-order valence-corrected chi connectivity index (χ0v) is 13.2. The van der Waals surface area contributed by atoms with Gasteiger partial charge in [-0.25, -0.2) is 4.79 Å². The number of halogens is 3. The molecule has 0 radical (unpaired) electrons. The first kappa shape index (κ1) is 18.6. The molecule has 0 aromatic rings. The average Bonchev–Trinajstić information content (AvgIpc) is 2.23. The van der Waals surface area contributed by atoms with E-state index >= 15 is 0 Å². The van der Waals surface area contributed by atoms with Crippen molar-refractivity contribution < 1.29 is 35.3 Å². The number of allylic oxidation sites excluding steroid dienone is 1. The molecular weight excluding hydrogens is 327 g/mol. The fourth-order valence-corrected chi connectivity index (χ4v) is 2.24. The number of hydrogen-bond donors (Lipinski definition) is 1. The zero-order chi connectivity index (χ0) is 17.2. The molecule has 1 atom stereocenters. The van der Waals surface area contributed by atoms with E-state index in [0.717, 1.165) is 0 Å². The van der Waals surface area contributed by atoms with Gasteiger partial charge in [0.15, 0.2) is 0 Å². The van der Waals surface area contributed by atoms with E-state index in [1.165, 1.54) is 6.08 Å². The SMILES string of the molecule is CC(C)(C)OC(=O)N[C@H]1CCC=C(OS(=O)(=O)C(F)(F)F)C1. The van der Waals surface area contributed by atoms with Crippen molar-refractivity contribution in [1.82, 2.24) is 5.32 Å². The number of carbonyl (C=O) groups excluding carboxylic acids is 1. The number of rotatable bonds is 3. The Morgan fingerprint density at radius 2 is 1.91 bits per heavy atom. The van der Waals surface area contributed by atoms with Gasteiger partial charge in [-0.2, -0.15) is 21.6 Å². The van der Waals surface area contributed by atoms with Crippen molar-refractivity contribution >= 4 is 16.2 Å². The van der Waals surface area contributed by atoms with Crippen LogP contribution in [0, 0.1) is 0 Å². The number of ether oxygens (including phenoxy) is 1. The highest BCUT2D eigenvalue weighted by Crippen LogP contribution is 2.29. The van der Waals surface area contributed by atoms with E-state index in [4.69, 9.17) is 4.74 Å². The van der Waals surface area contributed by atoms with Crippen molar-refractivity contribution in [3.05, 3.63) is 11.8 Å². The van der Waals surface area contributed by atoms with Crippen LogP contribution in [0.2, 0.25) is 0 Å². The Morgan fingerprint density at radius 3 is 2.41 bits per heavy atom. The van der Waals surface area contributed by atoms with Crippen LogP contribution in [-0.2, 0) is 19.0 Å². The highest BCUT2D eigenvalue weighted by molar-refractivity contribution is 7.87. The van der Waals surface area contributed by atoms with Gasteiger partial charge in [-0.3, -0.25) is 0 Å². The summed E-state index contributed by atoms with van der Waals surface area (Å²) in [6.07, 6.45) is 1.10. The molecule has 0 aliphatic heterocycles. The molecule has 6 nitrogen and oxygen atoms in total.